The van der Waals surface area contributed by atoms with E-state index >= 15 is 0 Å². The van der Waals surface area contributed by atoms with Gasteiger partial charge in [0.15, 0.2) is 0 Å². The summed E-state index contributed by atoms with van der Waals surface area (Å²) in [5, 5.41) is 16.0. The number of hydrogen-bond donors (Lipinski definition) is 0. The Morgan fingerprint density at radius 3 is 1.75 bits per heavy atom. The molecule has 0 aromatic rings. The van der Waals surface area contributed by atoms with Crippen molar-refractivity contribution >= 4 is 0 Å². The molecule has 0 aliphatic carbocycles. The van der Waals surface area contributed by atoms with Crippen molar-refractivity contribution in [2.24, 2.45) is 0 Å². The standard InChI is InChI=1S/CH4.N2O/c;1-2-3/h1H4;. The van der Waals surface area contributed by atoms with Crippen molar-refractivity contribution in [3.8, 4) is 0 Å². The maximum atomic E-state index is 8.11. The lowest BCUT2D eigenvalue weighted by Crippen LogP contribution is -1.00. The predicted molar refractivity (Wildman–Crippen MR) is 15.2 cm³/mol. The maximum absolute atomic E-state index is 8.11. The number of hydrogen-bond acceptors (Lipinski definition) is 2. The van der Waals surface area contributed by atoms with Crippen molar-refractivity contribution in [3.63, 3.8) is 0 Å². The maximum Gasteiger partial charge on any atom is 0.237 e. The zero-order valence-corrected chi connectivity index (χ0v) is 1.30. The summed E-state index contributed by atoms with van der Waals surface area (Å²) in [5.41, 5.74) is 0. The molecule has 0 aliphatic heterocycles. The SMILES string of the molecule is C.N#[N+][O-]. The first-order chi connectivity index (χ1) is 1.41. The molecule has 4 heavy (non-hydrogen) atoms. The largest absolute Gasteiger partial charge is 0.463 e. The van der Waals surface area contributed by atoms with Crippen LogP contribution >= 0.6 is 0 Å². The van der Waals surface area contributed by atoms with E-state index < -0.39 is 0 Å². The molecule has 0 aromatic carbocycles. The monoisotopic (exact) mass is 60.0 g/mol. The Hall–Kier alpha value is -0.780. The summed E-state index contributed by atoms with van der Waals surface area (Å²) in [4.78, 5) is 0. The second kappa shape index (κ2) is 68.3. The lowest BCUT2D eigenvalue weighted by atomic mass is 12.0. The molecule has 0 saturated carbocycles. The lowest BCUT2D eigenvalue weighted by Gasteiger charge is -1.26. The average Bonchev–Trinajstić information content (AvgIpc) is 0.918. The first-order valence-electron chi connectivity index (χ1n) is 0.383. The minimum absolute atomic E-state index is 0. The third kappa shape index (κ3) is 0.0971. The summed E-state index contributed by atoms with van der Waals surface area (Å²) in [6.45, 7) is 0. The van der Waals surface area contributed by atoms with E-state index in [1.165, 1.54) is 5.14 Å². The highest BCUT2D eigenvalue weighted by Crippen LogP contribution is 1.32. The third-order valence-corrected chi connectivity index (χ3v) is 0. The summed E-state index contributed by atoms with van der Waals surface area (Å²) in [5.74, 6) is 0. The van der Waals surface area contributed by atoms with E-state index in [2.05, 4.69) is 0 Å². The summed E-state index contributed by atoms with van der Waals surface area (Å²) in [6, 6.07) is 0. The fourth-order valence-electron chi connectivity index (χ4n) is 0. The first kappa shape index (κ1) is 10.7. The van der Waals surface area contributed by atoms with Crippen LogP contribution in [-0.2, 0) is 0 Å². The highest BCUT2D eigenvalue weighted by molar-refractivity contribution is 4.43. The molecule has 0 atom stereocenters. The molecule has 0 aliphatic rings. The van der Waals surface area contributed by atoms with E-state index in [4.69, 9.17) is 10.6 Å². The second-order valence-corrected chi connectivity index (χ2v) is 0.0816. The van der Waals surface area contributed by atoms with E-state index in [1.807, 2.05) is 0 Å². The normalized spacial score (nSPS) is 1.75. The molecule has 0 saturated heterocycles. The van der Waals surface area contributed by atoms with Crippen molar-refractivity contribution in [1.82, 2.24) is 0 Å². The van der Waals surface area contributed by atoms with Crippen LogP contribution in [0, 0.1) is 10.6 Å². The molecule has 0 spiro atoms. The summed E-state index contributed by atoms with van der Waals surface area (Å²) in [7, 11) is 0. The van der Waals surface area contributed by atoms with Gasteiger partial charge in [-0.2, -0.15) is 0 Å². The summed E-state index contributed by atoms with van der Waals surface area (Å²) < 4.78 is 0. The molecular weight excluding hydrogens is 56.0 g/mol. The van der Waals surface area contributed by atoms with Crippen LogP contribution in [0.5, 0.6) is 0 Å². The molecule has 0 heterocycles. The van der Waals surface area contributed by atoms with Gasteiger partial charge in [-0.15, -0.1) is 0 Å². The number of rotatable bonds is 0. The van der Waals surface area contributed by atoms with Gasteiger partial charge < -0.3 is 5.21 Å². The van der Waals surface area contributed by atoms with Crippen LogP contribution in [0.15, 0.2) is 0 Å². The molecule has 24 valence electrons. The lowest BCUT2D eigenvalue weighted by molar-refractivity contribution is 1.48. The van der Waals surface area contributed by atoms with Gasteiger partial charge in [0.25, 0.3) is 0 Å². The fraction of sp³-hybridized carbons (Fsp3) is 1.00. The van der Waals surface area contributed by atoms with Crippen LogP contribution < -0.4 is 0 Å². The minimum Gasteiger partial charge on any atom is -0.463 e. The first-order valence-corrected chi connectivity index (χ1v) is 0.383. The van der Waals surface area contributed by atoms with E-state index in [-0.39, 0.29) is 7.43 Å². The van der Waals surface area contributed by atoms with E-state index in [1.54, 1.807) is 0 Å². The van der Waals surface area contributed by atoms with Crippen LogP contribution in [0.2, 0.25) is 0 Å². The fourth-order valence-corrected chi connectivity index (χ4v) is 0. The smallest absolute Gasteiger partial charge is 0.237 e. The van der Waals surface area contributed by atoms with Gasteiger partial charge in [0.1, 0.15) is 0 Å². The molecular formula is CH4N2O. The van der Waals surface area contributed by atoms with Crippen LogP contribution in [0.4, 0.5) is 0 Å². The Balaban J connectivity index is 0. The van der Waals surface area contributed by atoms with Crippen LogP contribution in [-0.4, -0.2) is 0 Å². The van der Waals surface area contributed by atoms with E-state index in [9.17, 15) is 0 Å². The Morgan fingerprint density at radius 1 is 1.75 bits per heavy atom. The van der Waals surface area contributed by atoms with Gasteiger partial charge in [-0.25, -0.2) is 0 Å². The highest BCUT2D eigenvalue weighted by Gasteiger charge is 1.19. The number of diazo groups is 1. The van der Waals surface area contributed by atoms with Crippen molar-refractivity contribution in [2.45, 2.75) is 7.43 Å². The van der Waals surface area contributed by atoms with Crippen molar-refractivity contribution < 1.29 is 0 Å². The highest BCUT2D eigenvalue weighted by atomic mass is 16.4. The molecule has 0 amide bonds. The molecule has 3 nitrogen and oxygen atoms in total. The Kier molecular flexibility index (Phi) is 182. The molecule has 0 fully saturated rings. The molecule has 0 unspecified atom stereocenters. The van der Waals surface area contributed by atoms with Gasteiger partial charge in [-0.1, -0.05) is 7.43 Å². The van der Waals surface area contributed by atoms with E-state index in [0.717, 1.165) is 0 Å². The van der Waals surface area contributed by atoms with Crippen molar-refractivity contribution in [3.05, 3.63) is 10.3 Å². The molecule has 0 rings (SSSR count). The topological polar surface area (TPSA) is 51.2 Å². The zero-order chi connectivity index (χ0) is 2.71. The zero-order valence-electron chi connectivity index (χ0n) is 1.30. The molecule has 0 bridgehead atoms. The summed E-state index contributed by atoms with van der Waals surface area (Å²) >= 11 is 0. The quantitative estimate of drug-likeness (QED) is 0.309. The van der Waals surface area contributed by atoms with Gasteiger partial charge in [-0.3, -0.25) is 0 Å². The van der Waals surface area contributed by atoms with Gasteiger partial charge in [0.2, 0.25) is 10.5 Å². The van der Waals surface area contributed by atoms with Crippen molar-refractivity contribution in [1.29, 1.82) is 5.39 Å². The minimum atomic E-state index is 0. The van der Waals surface area contributed by atoms with E-state index in [0.29, 0.717) is 0 Å². The van der Waals surface area contributed by atoms with Gasteiger partial charge in [0.05, 0.1) is 0 Å². The third-order valence-electron chi connectivity index (χ3n) is 0. The molecule has 0 N–H and O–H groups in total. The molecule has 0 radical (unpaired) electrons. The van der Waals surface area contributed by atoms with Gasteiger partial charge >= 0.3 is 0 Å². The van der Waals surface area contributed by atoms with Gasteiger partial charge in [-0.05, 0) is 0 Å². The Labute approximate surface area is 24.5 Å². The Morgan fingerprint density at radius 2 is 1.75 bits per heavy atom. The van der Waals surface area contributed by atoms with Gasteiger partial charge in [0, 0.05) is 0 Å². The average molecular weight is 60.1 g/mol. The second-order valence-electron chi connectivity index (χ2n) is 0.0816. The van der Waals surface area contributed by atoms with Crippen LogP contribution in [0.3, 0.4) is 0 Å². The molecule has 0 aromatic heterocycles. The molecule has 3 heteroatoms. The van der Waals surface area contributed by atoms with Crippen LogP contribution in [0.25, 0.3) is 5.14 Å². The summed E-state index contributed by atoms with van der Waals surface area (Å²) in [6.07, 6.45) is 0. The predicted octanol–water partition coefficient (Wildman–Crippen LogP) is 0.973. The van der Waals surface area contributed by atoms with Crippen molar-refractivity contribution in [2.75, 3.05) is 0 Å². The number of nitrogens with zero attached hydrogens (tertiary/aromatic N) is 2. The van der Waals surface area contributed by atoms with Crippen LogP contribution in [0.1, 0.15) is 7.43 Å². The Bertz CT molecular complexity index is 27.5.